The molecule has 0 aliphatic heterocycles. The topological polar surface area (TPSA) is 93.7 Å². The number of carbonyl (C=O) groups is 3. The first-order valence-electron chi connectivity index (χ1n) is 10.5. The van der Waals surface area contributed by atoms with Crippen LogP contribution in [0.25, 0.3) is 0 Å². The fourth-order valence-electron chi connectivity index (χ4n) is 2.86. The predicted octanol–water partition coefficient (Wildman–Crippen LogP) is 6.22. The molecule has 3 aromatic rings. The van der Waals surface area contributed by atoms with Crippen molar-refractivity contribution in [1.29, 1.82) is 0 Å². The van der Waals surface area contributed by atoms with Gasteiger partial charge in [-0.25, -0.2) is 4.39 Å². The second-order valence-electron chi connectivity index (χ2n) is 7.32. The molecule has 182 valence electrons. The Bertz CT molecular complexity index is 1190. The number of amides is 2. The maximum Gasteiger partial charge on any atom is 0.306 e. The molecule has 0 heterocycles. The van der Waals surface area contributed by atoms with Crippen molar-refractivity contribution in [1.82, 2.24) is 0 Å². The minimum absolute atomic E-state index is 0.0219. The Kier molecular flexibility index (Phi) is 9.46. The molecule has 0 aliphatic carbocycles. The Morgan fingerprint density at radius 1 is 0.800 bits per heavy atom. The van der Waals surface area contributed by atoms with Gasteiger partial charge in [-0.05, 0) is 73.2 Å². The molecule has 35 heavy (non-hydrogen) atoms. The minimum atomic E-state index is -0.602. The van der Waals surface area contributed by atoms with Gasteiger partial charge in [0.2, 0.25) is 5.91 Å². The van der Waals surface area contributed by atoms with E-state index in [1.807, 2.05) is 0 Å². The zero-order valence-corrected chi connectivity index (χ0v) is 19.9. The third-order valence-electron chi connectivity index (χ3n) is 4.54. The maximum absolute atomic E-state index is 12.9. The summed E-state index contributed by atoms with van der Waals surface area (Å²) in [7, 11) is 0. The minimum Gasteiger partial charge on any atom is -0.456 e. The predicted molar refractivity (Wildman–Crippen MR) is 131 cm³/mol. The third kappa shape index (κ3) is 8.92. The van der Waals surface area contributed by atoms with E-state index in [-0.39, 0.29) is 25.2 Å². The average molecular weight is 519 g/mol. The Balaban J connectivity index is 1.34. The number of ether oxygens (including phenoxy) is 2. The van der Waals surface area contributed by atoms with Crippen molar-refractivity contribution in [2.24, 2.45) is 0 Å². The van der Waals surface area contributed by atoms with Crippen LogP contribution in [0.5, 0.6) is 11.5 Å². The molecule has 0 aromatic heterocycles. The van der Waals surface area contributed by atoms with E-state index in [0.717, 1.165) is 0 Å². The maximum atomic E-state index is 12.9. The monoisotopic (exact) mass is 518 g/mol. The molecule has 0 spiro atoms. The summed E-state index contributed by atoms with van der Waals surface area (Å²) in [6.45, 7) is -0.474. The quantitative estimate of drug-likeness (QED) is 0.311. The SMILES string of the molecule is O=C(CCCC(=O)OCC(=O)Nc1ccc(F)cc1)Nc1ccc(Oc2ccc(Cl)cc2Cl)cc1. The lowest BCUT2D eigenvalue weighted by Gasteiger charge is -2.09. The van der Waals surface area contributed by atoms with E-state index in [0.29, 0.717) is 32.9 Å². The van der Waals surface area contributed by atoms with Crippen molar-refractivity contribution in [3.8, 4) is 11.5 Å². The van der Waals surface area contributed by atoms with Crippen LogP contribution >= 0.6 is 23.2 Å². The molecule has 0 saturated heterocycles. The Morgan fingerprint density at radius 2 is 1.43 bits per heavy atom. The zero-order valence-electron chi connectivity index (χ0n) is 18.4. The van der Waals surface area contributed by atoms with Gasteiger partial charge in [0.1, 0.15) is 17.3 Å². The molecule has 0 saturated carbocycles. The van der Waals surface area contributed by atoms with Gasteiger partial charge in [0.15, 0.2) is 6.61 Å². The molecule has 0 aliphatic rings. The lowest BCUT2D eigenvalue weighted by atomic mass is 10.2. The largest absolute Gasteiger partial charge is 0.456 e. The number of anilines is 2. The molecule has 0 unspecified atom stereocenters. The third-order valence-corrected chi connectivity index (χ3v) is 5.07. The number of benzene rings is 3. The number of esters is 1. The highest BCUT2D eigenvalue weighted by Crippen LogP contribution is 2.32. The number of rotatable bonds is 10. The van der Waals surface area contributed by atoms with Crippen LogP contribution in [0.3, 0.4) is 0 Å². The van der Waals surface area contributed by atoms with E-state index >= 15 is 0 Å². The van der Waals surface area contributed by atoms with Gasteiger partial charge in [0.25, 0.3) is 5.91 Å². The molecular formula is C25H21Cl2FN2O5. The van der Waals surface area contributed by atoms with E-state index in [1.54, 1.807) is 42.5 Å². The normalized spacial score (nSPS) is 10.4. The van der Waals surface area contributed by atoms with Crippen molar-refractivity contribution < 1.29 is 28.2 Å². The summed E-state index contributed by atoms with van der Waals surface area (Å²) >= 11 is 12.0. The molecule has 3 rings (SSSR count). The number of halogens is 3. The van der Waals surface area contributed by atoms with Crippen molar-refractivity contribution >= 4 is 52.4 Å². The van der Waals surface area contributed by atoms with Gasteiger partial charge in [-0.2, -0.15) is 0 Å². The van der Waals surface area contributed by atoms with Gasteiger partial charge in [-0.15, -0.1) is 0 Å². The Hall–Kier alpha value is -3.62. The van der Waals surface area contributed by atoms with Gasteiger partial charge in [0, 0.05) is 29.2 Å². The van der Waals surface area contributed by atoms with Crippen molar-refractivity contribution in [2.45, 2.75) is 19.3 Å². The van der Waals surface area contributed by atoms with Gasteiger partial charge in [0.05, 0.1) is 5.02 Å². The summed E-state index contributed by atoms with van der Waals surface area (Å²) in [5, 5.41) is 6.08. The average Bonchev–Trinajstić information content (AvgIpc) is 2.82. The summed E-state index contributed by atoms with van der Waals surface area (Å²) < 4.78 is 23.4. The number of carbonyl (C=O) groups excluding carboxylic acids is 3. The first-order chi connectivity index (χ1) is 16.8. The fourth-order valence-corrected chi connectivity index (χ4v) is 3.30. The molecule has 3 aromatic carbocycles. The number of nitrogens with one attached hydrogen (secondary N) is 2. The van der Waals surface area contributed by atoms with Gasteiger partial charge < -0.3 is 20.1 Å². The Morgan fingerprint density at radius 3 is 2.09 bits per heavy atom. The van der Waals surface area contributed by atoms with Crippen LogP contribution in [0.4, 0.5) is 15.8 Å². The molecule has 0 atom stereocenters. The van der Waals surface area contributed by atoms with E-state index < -0.39 is 24.3 Å². The van der Waals surface area contributed by atoms with Gasteiger partial charge >= 0.3 is 5.97 Å². The molecule has 7 nitrogen and oxygen atoms in total. The summed E-state index contributed by atoms with van der Waals surface area (Å²) in [5.74, 6) is -0.876. The molecule has 2 N–H and O–H groups in total. The Labute approximate surface area is 211 Å². The highest BCUT2D eigenvalue weighted by Gasteiger charge is 2.10. The van der Waals surface area contributed by atoms with Crippen molar-refractivity contribution in [2.75, 3.05) is 17.2 Å². The summed E-state index contributed by atoms with van der Waals surface area (Å²) in [6, 6.07) is 16.8. The highest BCUT2D eigenvalue weighted by molar-refractivity contribution is 6.35. The molecule has 0 bridgehead atoms. The fraction of sp³-hybridized carbons (Fsp3) is 0.160. The number of hydrogen-bond donors (Lipinski definition) is 2. The molecule has 0 fully saturated rings. The standard InChI is InChI=1S/C25H21Cl2FN2O5/c26-16-4-13-22(21(27)14-16)35-20-11-9-19(10-12-20)29-23(31)2-1-3-25(33)34-15-24(32)30-18-7-5-17(28)6-8-18/h4-14H,1-3,15H2,(H,29,31)(H,30,32). The van der Waals surface area contributed by atoms with E-state index in [1.165, 1.54) is 24.3 Å². The molecule has 10 heteroatoms. The van der Waals surface area contributed by atoms with Crippen LogP contribution in [0.2, 0.25) is 10.0 Å². The summed E-state index contributed by atoms with van der Waals surface area (Å²) in [6.07, 6.45) is 0.321. The first-order valence-corrected chi connectivity index (χ1v) is 11.3. The van der Waals surface area contributed by atoms with Crippen LogP contribution in [0.15, 0.2) is 66.7 Å². The summed E-state index contributed by atoms with van der Waals surface area (Å²) in [5.41, 5.74) is 0.946. The second kappa shape index (κ2) is 12.7. The van der Waals surface area contributed by atoms with E-state index in [4.69, 9.17) is 32.7 Å². The first kappa shape index (κ1) is 26.0. The molecule has 2 amide bonds. The molecular weight excluding hydrogens is 498 g/mol. The lowest BCUT2D eigenvalue weighted by Crippen LogP contribution is -2.21. The van der Waals surface area contributed by atoms with Crippen LogP contribution in [-0.4, -0.2) is 24.4 Å². The van der Waals surface area contributed by atoms with Crippen molar-refractivity contribution in [3.63, 3.8) is 0 Å². The van der Waals surface area contributed by atoms with E-state index in [2.05, 4.69) is 10.6 Å². The lowest BCUT2D eigenvalue weighted by molar-refractivity contribution is -0.147. The van der Waals surface area contributed by atoms with Crippen LogP contribution in [-0.2, 0) is 19.1 Å². The zero-order chi connectivity index (χ0) is 25.2. The second-order valence-corrected chi connectivity index (χ2v) is 8.16. The smallest absolute Gasteiger partial charge is 0.306 e. The van der Waals surface area contributed by atoms with Gasteiger partial charge in [-0.3, -0.25) is 14.4 Å². The summed E-state index contributed by atoms with van der Waals surface area (Å²) in [4.78, 5) is 35.7. The number of hydrogen-bond acceptors (Lipinski definition) is 5. The highest BCUT2D eigenvalue weighted by atomic mass is 35.5. The van der Waals surface area contributed by atoms with E-state index in [9.17, 15) is 18.8 Å². The van der Waals surface area contributed by atoms with Crippen LogP contribution in [0, 0.1) is 5.82 Å². The molecule has 0 radical (unpaired) electrons. The van der Waals surface area contributed by atoms with Gasteiger partial charge in [-0.1, -0.05) is 23.2 Å². The van der Waals surface area contributed by atoms with Crippen molar-refractivity contribution in [3.05, 3.63) is 82.6 Å². The van der Waals surface area contributed by atoms with Crippen LogP contribution in [0.1, 0.15) is 19.3 Å². The van der Waals surface area contributed by atoms with Crippen LogP contribution < -0.4 is 15.4 Å².